The molecule has 2 N–H and O–H groups in total. The second-order valence-corrected chi connectivity index (χ2v) is 5.83. The van der Waals surface area contributed by atoms with E-state index in [4.69, 9.17) is 5.73 Å². The average Bonchev–Trinajstić information content (AvgIpc) is 2.30. The van der Waals surface area contributed by atoms with Gasteiger partial charge in [0.1, 0.15) is 6.54 Å². The second-order valence-electron chi connectivity index (χ2n) is 4.42. The number of carbonyl (C=O) groups excluding carboxylic acids is 1. The Labute approximate surface area is 109 Å². The summed E-state index contributed by atoms with van der Waals surface area (Å²) in [5.41, 5.74) is 6.65. The van der Waals surface area contributed by atoms with Crippen molar-refractivity contribution in [3.05, 3.63) is 35.9 Å². The maximum atomic E-state index is 11.4. The molecular formula is C13H16BrN2O+. The lowest BCUT2D eigenvalue weighted by Crippen LogP contribution is -2.45. The molecule has 0 aromatic heterocycles. The molecule has 0 bridgehead atoms. The van der Waals surface area contributed by atoms with E-state index in [1.165, 1.54) is 5.56 Å². The summed E-state index contributed by atoms with van der Waals surface area (Å²) in [5.74, 6) is -0.310. The van der Waals surface area contributed by atoms with Crippen LogP contribution in [-0.4, -0.2) is 27.6 Å². The predicted molar refractivity (Wildman–Crippen MR) is 71.4 cm³/mol. The summed E-state index contributed by atoms with van der Waals surface area (Å²) < 4.78 is 1.48. The Bertz CT molecular complexity index is 444. The highest BCUT2D eigenvalue weighted by Gasteiger charge is 2.38. The van der Waals surface area contributed by atoms with E-state index in [1.807, 2.05) is 24.4 Å². The van der Waals surface area contributed by atoms with Crippen LogP contribution >= 0.6 is 15.9 Å². The molecule has 0 radical (unpaired) electrons. The van der Waals surface area contributed by atoms with Gasteiger partial charge in [-0.05, 0) is 6.42 Å². The minimum atomic E-state index is -0.667. The number of alkyl halides is 1. The van der Waals surface area contributed by atoms with E-state index in [0.717, 1.165) is 25.9 Å². The van der Waals surface area contributed by atoms with Crippen molar-refractivity contribution in [3.63, 3.8) is 0 Å². The lowest BCUT2D eigenvalue weighted by atomic mass is 10.0. The van der Waals surface area contributed by atoms with Gasteiger partial charge in [-0.3, -0.25) is 4.79 Å². The second kappa shape index (κ2) is 5.00. The lowest BCUT2D eigenvalue weighted by molar-refractivity contribution is -0.544. The Hall–Kier alpha value is -1.16. The van der Waals surface area contributed by atoms with E-state index in [0.29, 0.717) is 0 Å². The number of amides is 1. The molecule has 1 aromatic rings. The van der Waals surface area contributed by atoms with Crippen LogP contribution < -0.4 is 5.73 Å². The zero-order chi connectivity index (χ0) is 12.3. The highest BCUT2D eigenvalue weighted by Crippen LogP contribution is 2.25. The van der Waals surface area contributed by atoms with Gasteiger partial charge >= 0.3 is 0 Å². The Morgan fingerprint density at radius 3 is 2.76 bits per heavy atom. The van der Waals surface area contributed by atoms with Crippen LogP contribution in [0.2, 0.25) is 0 Å². The van der Waals surface area contributed by atoms with E-state index in [9.17, 15) is 4.79 Å². The Morgan fingerprint density at radius 2 is 2.12 bits per heavy atom. The molecule has 3 nitrogen and oxygen atoms in total. The normalized spacial score (nSPS) is 24.2. The number of primary amides is 1. The van der Waals surface area contributed by atoms with Gasteiger partial charge in [0.2, 0.25) is 5.91 Å². The molecule has 17 heavy (non-hydrogen) atoms. The first-order chi connectivity index (χ1) is 8.10. The molecule has 1 atom stereocenters. The minimum Gasteiger partial charge on any atom is -0.368 e. The fraction of sp³-hybridized carbons (Fsp3) is 0.385. The molecule has 0 saturated carbocycles. The van der Waals surface area contributed by atoms with Crippen LogP contribution in [0.25, 0.3) is 0 Å². The summed E-state index contributed by atoms with van der Waals surface area (Å²) in [6, 6.07) is 10.2. The third kappa shape index (κ3) is 2.94. The summed E-state index contributed by atoms with van der Waals surface area (Å²) in [6.07, 6.45) is 3.66. The third-order valence-electron chi connectivity index (χ3n) is 3.01. The highest BCUT2D eigenvalue weighted by atomic mass is 79.9. The van der Waals surface area contributed by atoms with Gasteiger partial charge in [0.25, 0.3) is 0 Å². The number of nitrogens with two attached hydrogens (primary N) is 1. The van der Waals surface area contributed by atoms with Crippen molar-refractivity contribution in [3.8, 4) is 0 Å². The zero-order valence-corrected chi connectivity index (χ0v) is 11.2. The van der Waals surface area contributed by atoms with Crippen molar-refractivity contribution in [2.75, 3.05) is 6.54 Å². The SMILES string of the molecule is NC(=O)[C@@]1(Br)C=[N+](Cc2ccccc2)CCC1. The van der Waals surface area contributed by atoms with Crippen LogP contribution in [0.3, 0.4) is 0 Å². The smallest absolute Gasteiger partial charge is 0.244 e. The zero-order valence-electron chi connectivity index (χ0n) is 9.60. The summed E-state index contributed by atoms with van der Waals surface area (Å²) in [4.78, 5) is 11.4. The van der Waals surface area contributed by atoms with Gasteiger partial charge in [0.15, 0.2) is 17.1 Å². The van der Waals surface area contributed by atoms with Gasteiger partial charge in [-0.2, -0.15) is 0 Å². The topological polar surface area (TPSA) is 46.1 Å². The molecule has 4 heteroatoms. The largest absolute Gasteiger partial charge is 0.368 e. The van der Waals surface area contributed by atoms with Crippen LogP contribution in [0, 0.1) is 0 Å². The van der Waals surface area contributed by atoms with Crippen molar-refractivity contribution in [1.82, 2.24) is 0 Å². The Balaban J connectivity index is 2.16. The quantitative estimate of drug-likeness (QED) is 0.669. The molecule has 1 aliphatic rings. The van der Waals surface area contributed by atoms with Crippen LogP contribution in [0.1, 0.15) is 18.4 Å². The van der Waals surface area contributed by atoms with Crippen LogP contribution in [-0.2, 0) is 11.3 Å². The molecule has 0 aliphatic carbocycles. The fourth-order valence-electron chi connectivity index (χ4n) is 2.09. The molecule has 0 unspecified atom stereocenters. The Kier molecular flexibility index (Phi) is 3.62. The summed E-state index contributed by atoms with van der Waals surface area (Å²) in [6.45, 7) is 1.79. The van der Waals surface area contributed by atoms with Crippen molar-refractivity contribution >= 4 is 28.1 Å². The number of rotatable bonds is 3. The van der Waals surface area contributed by atoms with E-state index < -0.39 is 4.32 Å². The molecule has 0 spiro atoms. The number of hydrogen-bond acceptors (Lipinski definition) is 1. The number of hydrogen-bond donors (Lipinski definition) is 1. The van der Waals surface area contributed by atoms with E-state index in [2.05, 4.69) is 32.6 Å². The van der Waals surface area contributed by atoms with Crippen molar-refractivity contribution < 1.29 is 9.37 Å². The molecule has 1 amide bonds. The molecule has 1 aromatic carbocycles. The molecular weight excluding hydrogens is 280 g/mol. The van der Waals surface area contributed by atoms with E-state index in [1.54, 1.807) is 0 Å². The number of benzene rings is 1. The van der Waals surface area contributed by atoms with Crippen LogP contribution in [0.4, 0.5) is 0 Å². The molecule has 2 rings (SSSR count). The molecule has 0 fully saturated rings. The fourth-order valence-corrected chi connectivity index (χ4v) is 2.66. The van der Waals surface area contributed by atoms with Gasteiger partial charge in [-0.15, -0.1) is 0 Å². The summed E-state index contributed by atoms with van der Waals surface area (Å²) in [7, 11) is 0. The van der Waals surface area contributed by atoms with Crippen molar-refractivity contribution in [2.24, 2.45) is 5.73 Å². The van der Waals surface area contributed by atoms with Crippen LogP contribution in [0.5, 0.6) is 0 Å². The third-order valence-corrected chi connectivity index (χ3v) is 4.00. The van der Waals surface area contributed by atoms with Gasteiger partial charge in [-0.25, -0.2) is 4.58 Å². The number of nitrogens with zero attached hydrogens (tertiary/aromatic N) is 1. The first-order valence-electron chi connectivity index (χ1n) is 5.73. The first kappa shape index (κ1) is 12.3. The van der Waals surface area contributed by atoms with Crippen molar-refractivity contribution in [2.45, 2.75) is 23.7 Å². The molecule has 90 valence electrons. The Morgan fingerprint density at radius 1 is 1.41 bits per heavy atom. The van der Waals surface area contributed by atoms with Gasteiger partial charge in [-0.1, -0.05) is 46.3 Å². The maximum absolute atomic E-state index is 11.4. The monoisotopic (exact) mass is 295 g/mol. The summed E-state index contributed by atoms with van der Waals surface area (Å²) in [5, 5.41) is 0. The predicted octanol–water partition coefficient (Wildman–Crippen LogP) is 1.68. The first-order valence-corrected chi connectivity index (χ1v) is 6.52. The molecule has 1 aliphatic heterocycles. The van der Waals surface area contributed by atoms with Gasteiger partial charge in [0, 0.05) is 12.0 Å². The van der Waals surface area contributed by atoms with E-state index >= 15 is 0 Å². The van der Waals surface area contributed by atoms with Gasteiger partial charge in [0.05, 0.1) is 0 Å². The molecule has 0 saturated heterocycles. The minimum absolute atomic E-state index is 0.310. The van der Waals surface area contributed by atoms with Gasteiger partial charge < -0.3 is 5.73 Å². The number of halogens is 1. The standard InChI is InChI=1S/C13H15BrN2O/c14-13(12(15)17)7-4-8-16(10-13)9-11-5-2-1-3-6-11/h1-3,5-6,10H,4,7-9H2,(H-,15,17)/p+1/t13-/m0/s1. The van der Waals surface area contributed by atoms with Crippen LogP contribution in [0.15, 0.2) is 30.3 Å². The number of carbonyl (C=O) groups is 1. The lowest BCUT2D eigenvalue weighted by Gasteiger charge is -2.22. The van der Waals surface area contributed by atoms with Crippen molar-refractivity contribution in [1.29, 1.82) is 0 Å². The maximum Gasteiger partial charge on any atom is 0.244 e. The average molecular weight is 296 g/mol. The van der Waals surface area contributed by atoms with E-state index in [-0.39, 0.29) is 5.91 Å². The summed E-state index contributed by atoms with van der Waals surface area (Å²) >= 11 is 3.44. The molecule has 1 heterocycles. The highest BCUT2D eigenvalue weighted by molar-refractivity contribution is 9.10.